The van der Waals surface area contributed by atoms with Crippen LogP contribution in [0.15, 0.2) is 48.2 Å². The molecule has 0 aliphatic carbocycles. The third-order valence-electron chi connectivity index (χ3n) is 4.55. The van der Waals surface area contributed by atoms with Gasteiger partial charge in [-0.3, -0.25) is 19.5 Å². The maximum absolute atomic E-state index is 13.0. The largest absolute Gasteiger partial charge is 0.507 e. The zero-order valence-electron chi connectivity index (χ0n) is 15.9. The van der Waals surface area contributed by atoms with Gasteiger partial charge in [0, 0.05) is 11.2 Å². The monoisotopic (exact) mass is 442 g/mol. The van der Waals surface area contributed by atoms with E-state index in [1.807, 2.05) is 0 Å². The maximum Gasteiger partial charge on any atom is 0.302 e. The SMILES string of the molecule is COc1ccc(Cl)cc1C(O)=C1C(=O)C(=O)N(c2nnc(C)s2)[C@@H]1c1ccccn1. The van der Waals surface area contributed by atoms with Crippen molar-refractivity contribution < 1.29 is 19.4 Å². The average molecular weight is 443 g/mol. The molecular formula is C20H15ClN4O4S. The Labute approximate surface area is 180 Å². The van der Waals surface area contributed by atoms with Crippen LogP contribution in [0, 0.1) is 6.92 Å². The van der Waals surface area contributed by atoms with Gasteiger partial charge in [-0.2, -0.15) is 0 Å². The van der Waals surface area contributed by atoms with Gasteiger partial charge in [0.25, 0.3) is 5.78 Å². The lowest BCUT2D eigenvalue weighted by molar-refractivity contribution is -0.132. The summed E-state index contributed by atoms with van der Waals surface area (Å²) in [6.45, 7) is 1.74. The Bertz CT molecular complexity index is 1180. The summed E-state index contributed by atoms with van der Waals surface area (Å²) in [6.07, 6.45) is 1.54. The Hall–Kier alpha value is -3.30. The molecule has 0 bridgehead atoms. The molecule has 3 aromatic rings. The predicted molar refractivity (Wildman–Crippen MR) is 112 cm³/mol. The van der Waals surface area contributed by atoms with Gasteiger partial charge < -0.3 is 9.84 Å². The molecule has 0 saturated carbocycles. The van der Waals surface area contributed by atoms with Gasteiger partial charge in [0.15, 0.2) is 0 Å². The highest BCUT2D eigenvalue weighted by atomic mass is 35.5. The molecule has 2 aromatic heterocycles. The van der Waals surface area contributed by atoms with Crippen molar-refractivity contribution in [2.45, 2.75) is 13.0 Å². The number of ketones is 1. The summed E-state index contributed by atoms with van der Waals surface area (Å²) in [6, 6.07) is 8.75. The first-order chi connectivity index (χ1) is 14.4. The average Bonchev–Trinajstić information content (AvgIpc) is 3.29. The highest BCUT2D eigenvalue weighted by Crippen LogP contribution is 2.43. The van der Waals surface area contributed by atoms with E-state index in [-0.39, 0.29) is 16.3 Å². The second kappa shape index (κ2) is 7.85. The van der Waals surface area contributed by atoms with E-state index in [0.29, 0.717) is 21.5 Å². The lowest BCUT2D eigenvalue weighted by atomic mass is 9.98. The first-order valence-corrected chi connectivity index (χ1v) is 9.97. The fourth-order valence-corrected chi connectivity index (χ4v) is 4.13. The Morgan fingerprint density at radius 1 is 1.23 bits per heavy atom. The van der Waals surface area contributed by atoms with Crippen LogP contribution < -0.4 is 9.64 Å². The highest BCUT2D eigenvalue weighted by Gasteiger charge is 2.49. The summed E-state index contributed by atoms with van der Waals surface area (Å²) < 4.78 is 5.30. The second-order valence-corrected chi connectivity index (χ2v) is 7.97. The van der Waals surface area contributed by atoms with Crippen molar-refractivity contribution >= 4 is 45.5 Å². The molecule has 4 rings (SSSR count). The molecule has 1 N–H and O–H groups in total. The molecule has 0 spiro atoms. The summed E-state index contributed by atoms with van der Waals surface area (Å²) in [4.78, 5) is 31.5. The fourth-order valence-electron chi connectivity index (χ4n) is 3.24. The molecule has 152 valence electrons. The first kappa shape index (κ1) is 20.0. The number of pyridine rings is 1. The molecule has 0 radical (unpaired) electrons. The van der Waals surface area contributed by atoms with Gasteiger partial charge in [-0.25, -0.2) is 0 Å². The van der Waals surface area contributed by atoms with E-state index in [1.54, 1.807) is 43.5 Å². The molecular weight excluding hydrogens is 428 g/mol. The third-order valence-corrected chi connectivity index (χ3v) is 5.62. The minimum atomic E-state index is -0.984. The summed E-state index contributed by atoms with van der Waals surface area (Å²) >= 11 is 7.25. The van der Waals surface area contributed by atoms with Crippen molar-refractivity contribution in [3.05, 3.63) is 69.5 Å². The van der Waals surface area contributed by atoms with E-state index >= 15 is 0 Å². The number of aryl methyl sites for hydroxylation is 1. The van der Waals surface area contributed by atoms with Crippen LogP contribution >= 0.6 is 22.9 Å². The van der Waals surface area contributed by atoms with Gasteiger partial charge in [0.2, 0.25) is 5.13 Å². The fraction of sp³-hybridized carbons (Fsp3) is 0.150. The molecule has 3 heterocycles. The number of carbonyl (C=O) groups is 2. The standard InChI is InChI=1S/C20H15ClN4O4S/c1-10-23-24-20(30-10)25-16(13-5-3-4-8-22-13)15(18(27)19(25)28)17(26)12-9-11(21)6-7-14(12)29-2/h3-9,16,26H,1-2H3/t16-/m1/s1. The van der Waals surface area contributed by atoms with E-state index in [4.69, 9.17) is 16.3 Å². The summed E-state index contributed by atoms with van der Waals surface area (Å²) in [5.74, 6) is -1.80. The van der Waals surface area contributed by atoms with Gasteiger partial charge in [-0.1, -0.05) is 29.0 Å². The van der Waals surface area contributed by atoms with Crippen LogP contribution in [0.2, 0.25) is 5.02 Å². The van der Waals surface area contributed by atoms with Crippen LogP contribution in [0.3, 0.4) is 0 Å². The van der Waals surface area contributed by atoms with Crippen molar-refractivity contribution in [1.29, 1.82) is 0 Å². The molecule has 0 unspecified atom stereocenters. The van der Waals surface area contributed by atoms with Crippen LogP contribution in [0.25, 0.3) is 5.76 Å². The van der Waals surface area contributed by atoms with E-state index in [9.17, 15) is 14.7 Å². The number of amides is 1. The molecule has 1 fully saturated rings. The van der Waals surface area contributed by atoms with E-state index in [2.05, 4.69) is 15.2 Å². The topological polar surface area (TPSA) is 106 Å². The van der Waals surface area contributed by atoms with Gasteiger partial charge in [0.1, 0.15) is 22.6 Å². The van der Waals surface area contributed by atoms with Gasteiger partial charge in [-0.05, 0) is 37.3 Å². The van der Waals surface area contributed by atoms with E-state index < -0.39 is 23.5 Å². The molecule has 1 saturated heterocycles. The van der Waals surface area contributed by atoms with E-state index in [0.717, 1.165) is 11.3 Å². The Kier molecular flexibility index (Phi) is 5.23. The number of benzene rings is 1. The van der Waals surface area contributed by atoms with Gasteiger partial charge >= 0.3 is 5.91 Å². The van der Waals surface area contributed by atoms with Crippen molar-refractivity contribution in [2.75, 3.05) is 12.0 Å². The number of Topliss-reactive ketones (excluding diaryl/α,β-unsaturated/α-hetero) is 1. The van der Waals surface area contributed by atoms with Crippen LogP contribution in [-0.4, -0.2) is 39.1 Å². The number of rotatable bonds is 4. The van der Waals surface area contributed by atoms with Crippen molar-refractivity contribution in [2.24, 2.45) is 0 Å². The smallest absolute Gasteiger partial charge is 0.302 e. The normalized spacial score (nSPS) is 18.1. The molecule has 8 nitrogen and oxygen atoms in total. The zero-order chi connectivity index (χ0) is 21.4. The molecule has 1 aliphatic heterocycles. The van der Waals surface area contributed by atoms with Gasteiger partial charge in [-0.15, -0.1) is 10.2 Å². The number of hydrogen-bond acceptors (Lipinski definition) is 8. The molecule has 1 atom stereocenters. The van der Waals surface area contributed by atoms with Crippen LogP contribution in [0.5, 0.6) is 5.75 Å². The quantitative estimate of drug-likeness (QED) is 0.374. The first-order valence-electron chi connectivity index (χ1n) is 8.78. The maximum atomic E-state index is 13.0. The Morgan fingerprint density at radius 3 is 2.67 bits per heavy atom. The summed E-state index contributed by atoms with van der Waals surface area (Å²) in [5.41, 5.74) is 0.455. The van der Waals surface area contributed by atoms with Crippen LogP contribution in [0.1, 0.15) is 22.3 Å². The molecule has 30 heavy (non-hydrogen) atoms. The number of carbonyl (C=O) groups excluding carboxylic acids is 2. The number of methoxy groups -OCH3 is 1. The van der Waals surface area contributed by atoms with Crippen molar-refractivity contribution in [1.82, 2.24) is 15.2 Å². The third kappa shape index (κ3) is 3.31. The zero-order valence-corrected chi connectivity index (χ0v) is 17.4. The van der Waals surface area contributed by atoms with Gasteiger partial charge in [0.05, 0.1) is 23.9 Å². The molecule has 1 aliphatic rings. The second-order valence-electron chi connectivity index (χ2n) is 6.37. The number of nitrogens with zero attached hydrogens (tertiary/aromatic N) is 4. The molecule has 1 amide bonds. The molecule has 10 heteroatoms. The lowest BCUT2D eigenvalue weighted by Crippen LogP contribution is -2.29. The number of anilines is 1. The van der Waals surface area contributed by atoms with Crippen LogP contribution in [-0.2, 0) is 9.59 Å². The minimum absolute atomic E-state index is 0.132. The van der Waals surface area contributed by atoms with Crippen molar-refractivity contribution in [3.8, 4) is 5.75 Å². The van der Waals surface area contributed by atoms with Crippen molar-refractivity contribution in [3.63, 3.8) is 0 Å². The highest BCUT2D eigenvalue weighted by molar-refractivity contribution is 7.15. The van der Waals surface area contributed by atoms with Crippen LogP contribution in [0.4, 0.5) is 5.13 Å². The number of aliphatic hydroxyl groups is 1. The minimum Gasteiger partial charge on any atom is -0.507 e. The Balaban J connectivity index is 1.98. The van der Waals surface area contributed by atoms with E-state index in [1.165, 1.54) is 18.1 Å². The number of aliphatic hydroxyl groups excluding tert-OH is 1. The number of hydrogen-bond donors (Lipinski definition) is 1. The molecule has 1 aromatic carbocycles. The summed E-state index contributed by atoms with van der Waals surface area (Å²) in [5, 5.41) is 20.3. The Morgan fingerprint density at radius 2 is 2.03 bits per heavy atom. The number of ether oxygens (including phenoxy) is 1. The summed E-state index contributed by atoms with van der Waals surface area (Å²) in [7, 11) is 1.43. The number of halogens is 1. The number of aromatic nitrogens is 3. The lowest BCUT2D eigenvalue weighted by Gasteiger charge is -2.21. The predicted octanol–water partition coefficient (Wildman–Crippen LogP) is 3.53.